The van der Waals surface area contributed by atoms with Crippen molar-refractivity contribution in [2.75, 3.05) is 5.43 Å². The van der Waals surface area contributed by atoms with Gasteiger partial charge in [0.1, 0.15) is 5.75 Å². The van der Waals surface area contributed by atoms with E-state index in [1.165, 1.54) is 11.3 Å². The topological polar surface area (TPSA) is 57.5 Å². The number of rotatable bonds is 4. The lowest BCUT2D eigenvalue weighted by molar-refractivity contribution is 0.471. The lowest BCUT2D eigenvalue weighted by atomic mass is 10.1. The minimum absolute atomic E-state index is 0.193. The third-order valence-corrected chi connectivity index (χ3v) is 4.01. The Labute approximate surface area is 124 Å². The van der Waals surface area contributed by atoms with Crippen LogP contribution in [0.2, 0.25) is 0 Å². The molecule has 0 saturated heterocycles. The molecule has 2 rings (SSSR count). The molecule has 1 aromatic carbocycles. The number of phenols is 1. The average Bonchev–Trinajstić information content (AvgIpc) is 2.80. The third-order valence-electron chi connectivity index (χ3n) is 2.54. The van der Waals surface area contributed by atoms with Crippen molar-refractivity contribution in [3.05, 3.63) is 38.8 Å². The number of thiazole rings is 1. The summed E-state index contributed by atoms with van der Waals surface area (Å²) in [6.07, 6.45) is 2.49. The number of aromatic nitrogens is 1. The normalized spacial score (nSPS) is 11.1. The zero-order chi connectivity index (χ0) is 13.8. The minimum atomic E-state index is 0.193. The van der Waals surface area contributed by atoms with Gasteiger partial charge < -0.3 is 5.11 Å². The van der Waals surface area contributed by atoms with Crippen LogP contribution in [0.4, 0.5) is 5.13 Å². The molecular formula is C13H14BrN3OS. The number of phenolic OH excluding ortho intramolecular Hbond substituents is 1. The lowest BCUT2D eigenvalue weighted by Crippen LogP contribution is -1.93. The van der Waals surface area contributed by atoms with Gasteiger partial charge in [-0.3, -0.25) is 5.43 Å². The van der Waals surface area contributed by atoms with E-state index in [1.807, 2.05) is 24.4 Å². The van der Waals surface area contributed by atoms with Crippen LogP contribution in [0.15, 0.2) is 27.1 Å². The second-order valence-corrected chi connectivity index (χ2v) is 5.75. The average molecular weight is 340 g/mol. The van der Waals surface area contributed by atoms with Crippen molar-refractivity contribution in [1.82, 2.24) is 4.98 Å². The van der Waals surface area contributed by atoms with Gasteiger partial charge in [0.15, 0.2) is 0 Å². The number of benzene rings is 1. The number of aryl methyl sites for hydroxylation is 2. The van der Waals surface area contributed by atoms with Crippen LogP contribution in [-0.2, 0) is 6.42 Å². The van der Waals surface area contributed by atoms with Gasteiger partial charge in [0.25, 0.3) is 0 Å². The molecule has 2 aromatic rings. The summed E-state index contributed by atoms with van der Waals surface area (Å²) in [7, 11) is 0. The molecule has 0 aliphatic carbocycles. The van der Waals surface area contributed by atoms with E-state index in [0.717, 1.165) is 22.8 Å². The predicted octanol–water partition coefficient (Wildman–Crippen LogP) is 3.93. The Kier molecular flexibility index (Phi) is 4.55. The van der Waals surface area contributed by atoms with Crippen LogP contribution < -0.4 is 5.43 Å². The number of aromatic hydroxyl groups is 1. The maximum atomic E-state index is 9.94. The maximum Gasteiger partial charge on any atom is 0.203 e. The van der Waals surface area contributed by atoms with Crippen LogP contribution in [0.1, 0.15) is 23.7 Å². The van der Waals surface area contributed by atoms with Crippen molar-refractivity contribution < 1.29 is 5.11 Å². The first-order chi connectivity index (χ1) is 9.10. The summed E-state index contributed by atoms with van der Waals surface area (Å²) in [4.78, 5) is 4.24. The highest BCUT2D eigenvalue weighted by atomic mass is 79.9. The first-order valence-corrected chi connectivity index (χ1v) is 7.50. The van der Waals surface area contributed by atoms with Gasteiger partial charge in [0.05, 0.1) is 16.4 Å². The van der Waals surface area contributed by atoms with Crippen LogP contribution in [0, 0.1) is 6.92 Å². The van der Waals surface area contributed by atoms with E-state index in [0.29, 0.717) is 10.0 Å². The number of hydrazone groups is 1. The van der Waals surface area contributed by atoms with Gasteiger partial charge in [0, 0.05) is 10.9 Å². The van der Waals surface area contributed by atoms with E-state index in [1.54, 1.807) is 6.21 Å². The Balaban J connectivity index is 2.16. The fourth-order valence-electron chi connectivity index (χ4n) is 1.54. The molecule has 0 aliphatic rings. The molecule has 0 atom stereocenters. The summed E-state index contributed by atoms with van der Waals surface area (Å²) in [5.74, 6) is 0.193. The summed E-state index contributed by atoms with van der Waals surface area (Å²) >= 11 is 4.83. The quantitative estimate of drug-likeness (QED) is 0.655. The molecule has 100 valence electrons. The number of anilines is 1. The summed E-state index contributed by atoms with van der Waals surface area (Å²) in [6.45, 7) is 4.00. The van der Waals surface area contributed by atoms with Crippen molar-refractivity contribution in [1.29, 1.82) is 0 Å². The highest BCUT2D eigenvalue weighted by Crippen LogP contribution is 2.28. The Bertz CT molecular complexity index is 610. The van der Waals surface area contributed by atoms with E-state index < -0.39 is 0 Å². The molecular weight excluding hydrogens is 326 g/mol. The van der Waals surface area contributed by atoms with Gasteiger partial charge in [-0.05, 0) is 47.0 Å². The molecule has 6 heteroatoms. The molecule has 1 heterocycles. The van der Waals surface area contributed by atoms with E-state index >= 15 is 0 Å². The summed E-state index contributed by atoms with van der Waals surface area (Å²) in [5.41, 5.74) is 5.62. The second-order valence-electron chi connectivity index (χ2n) is 4.03. The van der Waals surface area contributed by atoms with Gasteiger partial charge in [-0.15, -0.1) is 11.3 Å². The molecule has 0 saturated carbocycles. The molecule has 0 bridgehead atoms. The minimum Gasteiger partial charge on any atom is -0.506 e. The molecule has 0 amide bonds. The summed E-state index contributed by atoms with van der Waals surface area (Å²) in [6, 6.07) is 3.82. The number of hydrogen-bond acceptors (Lipinski definition) is 5. The van der Waals surface area contributed by atoms with Crippen molar-refractivity contribution in [3.8, 4) is 5.75 Å². The second kappa shape index (κ2) is 6.16. The van der Waals surface area contributed by atoms with Crippen LogP contribution in [0.3, 0.4) is 0 Å². The molecule has 0 spiro atoms. The van der Waals surface area contributed by atoms with Crippen LogP contribution in [0.25, 0.3) is 0 Å². The first kappa shape index (κ1) is 14.0. The molecule has 2 N–H and O–H groups in total. The monoisotopic (exact) mass is 339 g/mol. The first-order valence-electron chi connectivity index (χ1n) is 5.82. The van der Waals surface area contributed by atoms with E-state index in [2.05, 4.69) is 38.4 Å². The zero-order valence-electron chi connectivity index (χ0n) is 10.6. The van der Waals surface area contributed by atoms with E-state index in [4.69, 9.17) is 0 Å². The summed E-state index contributed by atoms with van der Waals surface area (Å²) in [5, 5.41) is 16.7. The molecule has 0 radical (unpaired) electrons. The highest BCUT2D eigenvalue weighted by molar-refractivity contribution is 9.10. The number of halogens is 1. The van der Waals surface area contributed by atoms with Crippen molar-refractivity contribution >= 4 is 38.6 Å². The number of nitrogens with zero attached hydrogens (tertiary/aromatic N) is 2. The fourth-order valence-corrected chi connectivity index (χ4v) is 2.70. The third kappa shape index (κ3) is 3.54. The van der Waals surface area contributed by atoms with Crippen molar-refractivity contribution in [2.45, 2.75) is 20.3 Å². The molecule has 0 unspecified atom stereocenters. The fraction of sp³-hybridized carbons (Fsp3) is 0.231. The van der Waals surface area contributed by atoms with E-state index in [-0.39, 0.29) is 5.75 Å². The zero-order valence-corrected chi connectivity index (χ0v) is 13.0. The van der Waals surface area contributed by atoms with Crippen LogP contribution >= 0.6 is 27.3 Å². The lowest BCUT2D eigenvalue weighted by Gasteiger charge is -2.05. The van der Waals surface area contributed by atoms with Gasteiger partial charge in [-0.2, -0.15) is 5.10 Å². The Morgan fingerprint density at radius 1 is 1.53 bits per heavy atom. The molecule has 1 aromatic heterocycles. The van der Waals surface area contributed by atoms with Crippen molar-refractivity contribution in [2.24, 2.45) is 5.10 Å². The van der Waals surface area contributed by atoms with Gasteiger partial charge in [-0.1, -0.05) is 6.92 Å². The Hall–Kier alpha value is -1.40. The standard InChI is InChI=1S/C13H14BrN3OS/c1-3-9-4-10(12(18)11(14)5-9)6-15-17-13-16-8(2)7-19-13/h4-7,18H,3H2,1-2H3,(H,16,17). The molecule has 0 fully saturated rings. The SMILES string of the molecule is CCc1cc(Br)c(O)c(C=NNc2nc(C)cs2)c1. The Morgan fingerprint density at radius 3 is 2.95 bits per heavy atom. The number of hydrogen-bond donors (Lipinski definition) is 2. The summed E-state index contributed by atoms with van der Waals surface area (Å²) < 4.78 is 0.679. The smallest absolute Gasteiger partial charge is 0.203 e. The van der Waals surface area contributed by atoms with E-state index in [9.17, 15) is 5.11 Å². The Morgan fingerprint density at radius 2 is 2.32 bits per heavy atom. The van der Waals surface area contributed by atoms with Gasteiger partial charge in [-0.25, -0.2) is 4.98 Å². The number of nitrogens with one attached hydrogen (secondary N) is 1. The molecule has 4 nitrogen and oxygen atoms in total. The largest absolute Gasteiger partial charge is 0.506 e. The van der Waals surface area contributed by atoms with Crippen LogP contribution in [-0.4, -0.2) is 16.3 Å². The van der Waals surface area contributed by atoms with Crippen molar-refractivity contribution in [3.63, 3.8) is 0 Å². The van der Waals surface area contributed by atoms with Crippen LogP contribution in [0.5, 0.6) is 5.75 Å². The predicted molar refractivity (Wildman–Crippen MR) is 83.3 cm³/mol. The highest BCUT2D eigenvalue weighted by Gasteiger charge is 2.05. The molecule has 0 aliphatic heterocycles. The molecule has 19 heavy (non-hydrogen) atoms. The van der Waals surface area contributed by atoms with Gasteiger partial charge >= 0.3 is 0 Å². The van der Waals surface area contributed by atoms with Gasteiger partial charge in [0.2, 0.25) is 5.13 Å². The maximum absolute atomic E-state index is 9.94.